The highest BCUT2D eigenvalue weighted by Crippen LogP contribution is 2.30. The molecule has 2 rings (SSSR count). The van der Waals surface area contributed by atoms with Gasteiger partial charge in [0, 0.05) is 0 Å². The fourth-order valence-corrected chi connectivity index (χ4v) is 1.87. The van der Waals surface area contributed by atoms with Crippen LogP contribution in [-0.4, -0.2) is 9.97 Å². The molecule has 74 valence electrons. The standard InChI is InChI=1S/C8H5F3N2S/c1-4-12-5-2-3-6(8(9,10)11)13-7(5)14-4/h2-3H,1H3. The van der Waals surface area contributed by atoms with Gasteiger partial charge in [-0.3, -0.25) is 0 Å². The molecule has 0 N–H and O–H groups in total. The predicted octanol–water partition coefficient (Wildman–Crippen LogP) is 3.02. The van der Waals surface area contributed by atoms with E-state index >= 15 is 0 Å². The highest BCUT2D eigenvalue weighted by molar-refractivity contribution is 7.18. The molecule has 2 aromatic rings. The lowest BCUT2D eigenvalue weighted by molar-refractivity contribution is -0.140. The summed E-state index contributed by atoms with van der Waals surface area (Å²) in [6.45, 7) is 1.74. The van der Waals surface area contributed by atoms with E-state index in [0.717, 1.165) is 17.4 Å². The minimum absolute atomic E-state index is 0.331. The van der Waals surface area contributed by atoms with Crippen molar-refractivity contribution < 1.29 is 13.2 Å². The second kappa shape index (κ2) is 2.91. The number of pyridine rings is 1. The summed E-state index contributed by atoms with van der Waals surface area (Å²) >= 11 is 1.16. The first-order valence-corrected chi connectivity index (χ1v) is 4.60. The average molecular weight is 218 g/mol. The summed E-state index contributed by atoms with van der Waals surface area (Å²) in [6.07, 6.45) is -4.38. The number of nitrogens with zero attached hydrogens (tertiary/aromatic N) is 2. The first-order valence-electron chi connectivity index (χ1n) is 3.78. The van der Waals surface area contributed by atoms with Crippen molar-refractivity contribution >= 4 is 21.7 Å². The molecule has 0 bridgehead atoms. The number of aromatic nitrogens is 2. The molecule has 0 aromatic carbocycles. The summed E-state index contributed by atoms with van der Waals surface area (Å²) < 4.78 is 36.7. The monoisotopic (exact) mass is 218 g/mol. The number of aryl methyl sites for hydroxylation is 1. The van der Waals surface area contributed by atoms with Gasteiger partial charge in [0.25, 0.3) is 0 Å². The van der Waals surface area contributed by atoms with Crippen LogP contribution < -0.4 is 0 Å². The fraction of sp³-hybridized carbons (Fsp3) is 0.250. The number of alkyl halides is 3. The van der Waals surface area contributed by atoms with Crippen LogP contribution >= 0.6 is 11.3 Å². The third-order valence-corrected chi connectivity index (χ3v) is 2.53. The lowest BCUT2D eigenvalue weighted by Crippen LogP contribution is -2.06. The largest absolute Gasteiger partial charge is 0.433 e. The maximum Gasteiger partial charge on any atom is 0.433 e. The lowest BCUT2D eigenvalue weighted by atomic mass is 10.3. The van der Waals surface area contributed by atoms with Crippen LogP contribution in [-0.2, 0) is 6.18 Å². The van der Waals surface area contributed by atoms with Crippen LogP contribution in [0.5, 0.6) is 0 Å². The zero-order chi connectivity index (χ0) is 10.3. The summed E-state index contributed by atoms with van der Waals surface area (Å²) in [5.74, 6) is 0. The minimum Gasteiger partial charge on any atom is -0.240 e. The quantitative estimate of drug-likeness (QED) is 0.679. The molecule has 0 aliphatic rings. The topological polar surface area (TPSA) is 25.8 Å². The molecule has 14 heavy (non-hydrogen) atoms. The fourth-order valence-electron chi connectivity index (χ4n) is 1.08. The highest BCUT2D eigenvalue weighted by Gasteiger charge is 2.32. The van der Waals surface area contributed by atoms with E-state index in [2.05, 4.69) is 9.97 Å². The molecule has 0 aliphatic carbocycles. The van der Waals surface area contributed by atoms with Crippen LogP contribution in [0.25, 0.3) is 10.3 Å². The molecule has 0 saturated carbocycles. The number of hydrogen-bond donors (Lipinski definition) is 0. The summed E-state index contributed by atoms with van der Waals surface area (Å²) in [7, 11) is 0. The third-order valence-electron chi connectivity index (χ3n) is 1.65. The summed E-state index contributed by atoms with van der Waals surface area (Å²) in [5, 5.41) is 0.715. The van der Waals surface area contributed by atoms with Gasteiger partial charge in [0.05, 0.1) is 5.01 Å². The van der Waals surface area contributed by atoms with Crippen LogP contribution in [0, 0.1) is 6.92 Å². The molecule has 0 fully saturated rings. The molecule has 2 aromatic heterocycles. The minimum atomic E-state index is -4.38. The van der Waals surface area contributed by atoms with E-state index < -0.39 is 11.9 Å². The average Bonchev–Trinajstić information content (AvgIpc) is 2.41. The van der Waals surface area contributed by atoms with Gasteiger partial charge >= 0.3 is 6.18 Å². The van der Waals surface area contributed by atoms with E-state index in [1.165, 1.54) is 6.07 Å². The van der Waals surface area contributed by atoms with Crippen LogP contribution in [0.2, 0.25) is 0 Å². The van der Waals surface area contributed by atoms with Crippen molar-refractivity contribution in [1.82, 2.24) is 9.97 Å². The third kappa shape index (κ3) is 1.57. The van der Waals surface area contributed by atoms with Crippen LogP contribution in [0.3, 0.4) is 0 Å². The Labute approximate surface area is 81.4 Å². The van der Waals surface area contributed by atoms with Gasteiger partial charge in [-0.2, -0.15) is 13.2 Å². The highest BCUT2D eigenvalue weighted by atomic mass is 32.1. The van der Waals surface area contributed by atoms with Crippen LogP contribution in [0.15, 0.2) is 12.1 Å². The molecule has 0 aliphatic heterocycles. The maximum absolute atomic E-state index is 12.2. The van der Waals surface area contributed by atoms with Gasteiger partial charge in [0.15, 0.2) is 0 Å². The van der Waals surface area contributed by atoms with E-state index in [4.69, 9.17) is 0 Å². The number of thiazole rings is 1. The van der Waals surface area contributed by atoms with E-state index in [-0.39, 0.29) is 0 Å². The van der Waals surface area contributed by atoms with Gasteiger partial charge in [-0.25, -0.2) is 9.97 Å². The number of rotatable bonds is 0. The van der Waals surface area contributed by atoms with Gasteiger partial charge in [-0.1, -0.05) is 11.3 Å². The van der Waals surface area contributed by atoms with E-state index in [0.29, 0.717) is 15.4 Å². The van der Waals surface area contributed by atoms with Gasteiger partial charge in [0.1, 0.15) is 16.0 Å². The molecule has 0 atom stereocenters. The molecule has 0 unspecified atom stereocenters. The Morgan fingerprint density at radius 2 is 1.93 bits per heavy atom. The van der Waals surface area contributed by atoms with E-state index in [1.54, 1.807) is 6.92 Å². The Kier molecular flexibility index (Phi) is 1.95. The molecule has 0 spiro atoms. The van der Waals surface area contributed by atoms with Crippen LogP contribution in [0.1, 0.15) is 10.7 Å². The molecule has 6 heteroatoms. The van der Waals surface area contributed by atoms with Crippen molar-refractivity contribution in [1.29, 1.82) is 0 Å². The lowest BCUT2D eigenvalue weighted by Gasteiger charge is -2.03. The summed E-state index contributed by atoms with van der Waals surface area (Å²) in [6, 6.07) is 2.29. The molecule has 0 saturated heterocycles. The van der Waals surface area contributed by atoms with Crippen molar-refractivity contribution in [3.8, 4) is 0 Å². The molecular formula is C8H5F3N2S. The van der Waals surface area contributed by atoms with Gasteiger partial charge < -0.3 is 0 Å². The normalized spacial score (nSPS) is 12.3. The Balaban J connectivity index is 2.62. The predicted molar refractivity (Wildman–Crippen MR) is 47.2 cm³/mol. The van der Waals surface area contributed by atoms with Gasteiger partial charge in [-0.15, -0.1) is 0 Å². The second-order valence-corrected chi connectivity index (χ2v) is 3.93. The maximum atomic E-state index is 12.2. The van der Waals surface area contributed by atoms with Gasteiger partial charge in [-0.05, 0) is 19.1 Å². The Morgan fingerprint density at radius 1 is 1.21 bits per heavy atom. The Bertz CT molecular complexity index is 475. The summed E-state index contributed by atoms with van der Waals surface area (Å²) in [5.41, 5.74) is -0.353. The SMILES string of the molecule is Cc1nc2ccc(C(F)(F)F)nc2s1. The molecule has 2 heterocycles. The summed E-state index contributed by atoms with van der Waals surface area (Å²) in [4.78, 5) is 7.85. The van der Waals surface area contributed by atoms with Crippen molar-refractivity contribution in [3.05, 3.63) is 22.8 Å². The zero-order valence-corrected chi connectivity index (χ0v) is 7.91. The van der Waals surface area contributed by atoms with Crippen molar-refractivity contribution in [3.63, 3.8) is 0 Å². The molecular weight excluding hydrogens is 213 g/mol. The Morgan fingerprint density at radius 3 is 2.57 bits per heavy atom. The number of hydrogen-bond acceptors (Lipinski definition) is 3. The van der Waals surface area contributed by atoms with Crippen molar-refractivity contribution in [2.45, 2.75) is 13.1 Å². The zero-order valence-electron chi connectivity index (χ0n) is 7.09. The van der Waals surface area contributed by atoms with E-state index in [9.17, 15) is 13.2 Å². The van der Waals surface area contributed by atoms with E-state index in [1.807, 2.05) is 0 Å². The molecule has 0 amide bonds. The second-order valence-electron chi connectivity index (χ2n) is 2.75. The first kappa shape index (κ1) is 9.39. The number of halogens is 3. The Hall–Kier alpha value is -1.17. The van der Waals surface area contributed by atoms with Crippen molar-refractivity contribution in [2.24, 2.45) is 0 Å². The van der Waals surface area contributed by atoms with Crippen LogP contribution in [0.4, 0.5) is 13.2 Å². The van der Waals surface area contributed by atoms with Crippen molar-refractivity contribution in [2.75, 3.05) is 0 Å². The number of fused-ring (bicyclic) bond motifs is 1. The smallest absolute Gasteiger partial charge is 0.240 e. The molecule has 2 nitrogen and oxygen atoms in total. The first-order chi connectivity index (χ1) is 6.47. The van der Waals surface area contributed by atoms with Gasteiger partial charge in [0.2, 0.25) is 0 Å². The molecule has 0 radical (unpaired) electrons.